The zero-order valence-corrected chi connectivity index (χ0v) is 10.3. The van der Waals surface area contributed by atoms with E-state index in [2.05, 4.69) is 4.74 Å². The van der Waals surface area contributed by atoms with E-state index in [0.717, 1.165) is 24.8 Å². The van der Waals surface area contributed by atoms with Gasteiger partial charge in [-0.05, 0) is 24.8 Å². The summed E-state index contributed by atoms with van der Waals surface area (Å²) in [7, 11) is 0. The Morgan fingerprint density at radius 3 is 2.61 bits per heavy atom. The molecule has 1 rings (SSSR count). The topological polar surface area (TPSA) is 52.6 Å². The molecule has 98 valence electrons. The van der Waals surface area contributed by atoms with E-state index in [1.165, 1.54) is 0 Å². The fraction of sp³-hybridized carbons (Fsp3) is 0.429. The summed E-state index contributed by atoms with van der Waals surface area (Å²) in [6.45, 7) is 1.19. The molecule has 0 aliphatic rings. The van der Waals surface area contributed by atoms with Gasteiger partial charge in [-0.25, -0.2) is 0 Å². The van der Waals surface area contributed by atoms with Gasteiger partial charge >= 0.3 is 5.97 Å². The molecule has 0 unspecified atom stereocenters. The first kappa shape index (κ1) is 14.2. The van der Waals surface area contributed by atoms with Crippen LogP contribution in [0.3, 0.4) is 0 Å². The third-order valence-corrected chi connectivity index (χ3v) is 2.45. The highest BCUT2D eigenvalue weighted by Crippen LogP contribution is 2.05. The Balaban J connectivity index is 2.02. The molecule has 0 amide bonds. The molecule has 0 spiro atoms. The zero-order chi connectivity index (χ0) is 13.1. The summed E-state index contributed by atoms with van der Waals surface area (Å²) in [5, 5.41) is 0. The van der Waals surface area contributed by atoms with Gasteiger partial charge in [0.25, 0.3) is 6.47 Å². The van der Waals surface area contributed by atoms with Gasteiger partial charge in [-0.3, -0.25) is 9.59 Å². The fourth-order valence-electron chi connectivity index (χ4n) is 1.49. The minimum absolute atomic E-state index is 0.185. The monoisotopic (exact) mass is 250 g/mol. The first-order chi connectivity index (χ1) is 8.83. The largest absolute Gasteiger partial charge is 0.468 e. The Kier molecular flexibility index (Phi) is 7.28. The molecule has 0 saturated heterocycles. The number of unbranched alkanes of at least 4 members (excludes halogenated alkanes) is 2. The Morgan fingerprint density at radius 1 is 1.11 bits per heavy atom. The van der Waals surface area contributed by atoms with Crippen LogP contribution in [0, 0.1) is 0 Å². The number of hydrogen-bond acceptors (Lipinski definition) is 4. The highest BCUT2D eigenvalue weighted by atomic mass is 16.5. The van der Waals surface area contributed by atoms with Gasteiger partial charge in [0.2, 0.25) is 0 Å². The van der Waals surface area contributed by atoms with Crippen molar-refractivity contribution in [2.24, 2.45) is 0 Å². The standard InChI is InChI=1S/C14H18O4/c15-12-17-10-6-2-5-9-14(16)18-11-13-7-3-1-4-8-13/h1,3-4,7-8,12H,2,5-6,9-11H2. The molecule has 18 heavy (non-hydrogen) atoms. The molecule has 0 fully saturated rings. The Hall–Kier alpha value is -1.84. The highest BCUT2D eigenvalue weighted by molar-refractivity contribution is 5.69. The van der Waals surface area contributed by atoms with Crippen LogP contribution in [0.4, 0.5) is 0 Å². The minimum Gasteiger partial charge on any atom is -0.468 e. The van der Waals surface area contributed by atoms with E-state index in [4.69, 9.17) is 4.74 Å². The van der Waals surface area contributed by atoms with Gasteiger partial charge in [0, 0.05) is 6.42 Å². The molecular weight excluding hydrogens is 232 g/mol. The average molecular weight is 250 g/mol. The summed E-state index contributed by atoms with van der Waals surface area (Å²) in [5.41, 5.74) is 0.991. The van der Waals surface area contributed by atoms with Crippen LogP contribution in [0.15, 0.2) is 30.3 Å². The van der Waals surface area contributed by atoms with Crippen molar-refractivity contribution in [3.05, 3.63) is 35.9 Å². The van der Waals surface area contributed by atoms with E-state index in [1.54, 1.807) is 0 Å². The Bertz CT molecular complexity index is 348. The fourth-order valence-corrected chi connectivity index (χ4v) is 1.49. The number of carbonyl (C=O) groups excluding carboxylic acids is 2. The van der Waals surface area contributed by atoms with Gasteiger partial charge in [-0.15, -0.1) is 0 Å². The summed E-state index contributed by atoms with van der Waals surface area (Å²) in [5.74, 6) is -0.185. The molecule has 4 heteroatoms. The van der Waals surface area contributed by atoms with Gasteiger partial charge in [0.1, 0.15) is 6.61 Å². The van der Waals surface area contributed by atoms with Gasteiger partial charge in [-0.2, -0.15) is 0 Å². The Morgan fingerprint density at radius 2 is 1.89 bits per heavy atom. The lowest BCUT2D eigenvalue weighted by Crippen LogP contribution is -2.04. The van der Waals surface area contributed by atoms with Gasteiger partial charge in [0.15, 0.2) is 0 Å². The van der Waals surface area contributed by atoms with Crippen LogP contribution in [0.5, 0.6) is 0 Å². The van der Waals surface area contributed by atoms with E-state index in [-0.39, 0.29) is 5.97 Å². The summed E-state index contributed by atoms with van der Waals surface area (Å²) < 4.78 is 9.68. The molecule has 4 nitrogen and oxygen atoms in total. The van der Waals surface area contributed by atoms with Crippen LogP contribution in [-0.2, 0) is 25.7 Å². The van der Waals surface area contributed by atoms with Crippen molar-refractivity contribution in [3.8, 4) is 0 Å². The second-order valence-electron chi connectivity index (χ2n) is 3.92. The van der Waals surface area contributed by atoms with Crippen LogP contribution >= 0.6 is 0 Å². The first-order valence-corrected chi connectivity index (χ1v) is 6.07. The normalized spacial score (nSPS) is 9.78. The van der Waals surface area contributed by atoms with Crippen molar-refractivity contribution >= 4 is 12.4 Å². The van der Waals surface area contributed by atoms with Crippen LogP contribution in [0.25, 0.3) is 0 Å². The first-order valence-electron chi connectivity index (χ1n) is 6.07. The van der Waals surface area contributed by atoms with Crippen molar-refractivity contribution in [1.82, 2.24) is 0 Å². The summed E-state index contributed by atoms with van der Waals surface area (Å²) in [6, 6.07) is 9.59. The van der Waals surface area contributed by atoms with E-state index >= 15 is 0 Å². The highest BCUT2D eigenvalue weighted by Gasteiger charge is 2.02. The molecule has 0 N–H and O–H groups in total. The molecule has 0 radical (unpaired) electrons. The maximum Gasteiger partial charge on any atom is 0.306 e. The van der Waals surface area contributed by atoms with Crippen LogP contribution in [0.1, 0.15) is 31.2 Å². The van der Waals surface area contributed by atoms with Gasteiger partial charge in [0.05, 0.1) is 6.61 Å². The molecule has 0 heterocycles. The molecule has 0 bridgehead atoms. The van der Waals surface area contributed by atoms with E-state index < -0.39 is 0 Å². The van der Waals surface area contributed by atoms with Crippen LogP contribution < -0.4 is 0 Å². The average Bonchev–Trinajstić information content (AvgIpc) is 2.41. The second kappa shape index (κ2) is 9.22. The van der Waals surface area contributed by atoms with Crippen molar-refractivity contribution < 1.29 is 19.1 Å². The van der Waals surface area contributed by atoms with E-state index in [0.29, 0.717) is 26.1 Å². The number of benzene rings is 1. The summed E-state index contributed by atoms with van der Waals surface area (Å²) in [6.07, 6.45) is 2.81. The molecule has 0 aliphatic carbocycles. The molecule has 1 aromatic rings. The molecule has 1 aromatic carbocycles. The lowest BCUT2D eigenvalue weighted by molar-refractivity contribution is -0.145. The van der Waals surface area contributed by atoms with Crippen molar-refractivity contribution in [2.45, 2.75) is 32.3 Å². The van der Waals surface area contributed by atoms with Crippen molar-refractivity contribution in [3.63, 3.8) is 0 Å². The lowest BCUT2D eigenvalue weighted by Gasteiger charge is -2.04. The number of esters is 1. The van der Waals surface area contributed by atoms with Crippen LogP contribution in [0.2, 0.25) is 0 Å². The lowest BCUT2D eigenvalue weighted by atomic mass is 10.2. The number of hydrogen-bond donors (Lipinski definition) is 0. The summed E-state index contributed by atoms with van der Waals surface area (Å²) >= 11 is 0. The van der Waals surface area contributed by atoms with Crippen LogP contribution in [-0.4, -0.2) is 19.0 Å². The molecule has 0 aliphatic heterocycles. The second-order valence-corrected chi connectivity index (χ2v) is 3.92. The predicted octanol–water partition coefficient (Wildman–Crippen LogP) is 2.46. The number of carbonyl (C=O) groups is 2. The molecular formula is C14H18O4. The Labute approximate surface area is 107 Å². The number of ether oxygens (including phenoxy) is 2. The maximum atomic E-state index is 11.4. The van der Waals surface area contributed by atoms with Crippen molar-refractivity contribution in [1.29, 1.82) is 0 Å². The van der Waals surface area contributed by atoms with E-state index in [9.17, 15) is 9.59 Å². The molecule has 0 aromatic heterocycles. The minimum atomic E-state index is -0.185. The summed E-state index contributed by atoms with van der Waals surface area (Å²) in [4.78, 5) is 21.3. The molecule has 0 saturated carbocycles. The van der Waals surface area contributed by atoms with Gasteiger partial charge in [-0.1, -0.05) is 30.3 Å². The SMILES string of the molecule is O=COCCCCCC(=O)OCc1ccccc1. The maximum absolute atomic E-state index is 11.4. The smallest absolute Gasteiger partial charge is 0.306 e. The van der Waals surface area contributed by atoms with E-state index in [1.807, 2.05) is 30.3 Å². The third kappa shape index (κ3) is 6.68. The van der Waals surface area contributed by atoms with Gasteiger partial charge < -0.3 is 9.47 Å². The molecule has 0 atom stereocenters. The quantitative estimate of drug-likeness (QED) is 0.384. The van der Waals surface area contributed by atoms with Crippen molar-refractivity contribution in [2.75, 3.05) is 6.61 Å². The predicted molar refractivity (Wildman–Crippen MR) is 66.7 cm³/mol. The number of rotatable bonds is 9. The zero-order valence-electron chi connectivity index (χ0n) is 10.3. The third-order valence-electron chi connectivity index (χ3n) is 2.45.